The van der Waals surface area contributed by atoms with Crippen molar-refractivity contribution in [2.24, 2.45) is 0 Å². The zero-order valence-corrected chi connectivity index (χ0v) is 38.0. The van der Waals surface area contributed by atoms with E-state index in [-0.39, 0.29) is 0 Å². The van der Waals surface area contributed by atoms with Crippen LogP contribution in [-0.2, 0) is 0 Å². The number of anilines is 3. The molecule has 0 saturated heterocycles. The number of furan rings is 1. The highest BCUT2D eigenvalue weighted by molar-refractivity contribution is 7.18. The van der Waals surface area contributed by atoms with Crippen LogP contribution in [0.1, 0.15) is 16.7 Å². The fraction of sp³-hybridized carbons (Fsp3) is 0. The lowest BCUT2D eigenvalue weighted by Crippen LogP contribution is -2.09. The third kappa shape index (κ3) is 10.2. The summed E-state index contributed by atoms with van der Waals surface area (Å²) in [5.41, 5.74) is 15.0. The van der Waals surface area contributed by atoms with E-state index in [1.165, 1.54) is 20.9 Å². The Kier molecular flexibility index (Phi) is 13.7. The minimum atomic E-state index is 0.910. The predicted molar refractivity (Wildman–Crippen MR) is 292 cm³/mol. The molecule has 67 heavy (non-hydrogen) atoms. The minimum absolute atomic E-state index is 0.910. The average molecular weight is 880 g/mol. The molecule has 9 rings (SSSR count). The van der Waals surface area contributed by atoms with Crippen LogP contribution in [0, 0.1) is 0 Å². The van der Waals surface area contributed by atoms with Crippen LogP contribution in [0.5, 0.6) is 0 Å². The molecule has 0 atom stereocenters. The standard InChI is InChI=1S/C64H49NOS/c1-4-7-8-10-18-47(5-2)21-15-22-49-29-39-55(40-30-49)65(56-41-35-51(36-42-56)50(6-3)24-16-23-48-19-11-9-12-20-48)57-43-37-54(38-44-57)63-46-45-62(67-63)53-33-31-52(32-34-53)58-26-17-27-60-59-25-13-14-28-61(59)66-64(58)60/h4-46H,1-3H2/b8-7-,18-10+,22-15+,23-16+,47-21+,50-24+. The third-order valence-corrected chi connectivity index (χ3v) is 12.7. The summed E-state index contributed by atoms with van der Waals surface area (Å²) in [4.78, 5) is 4.74. The summed E-state index contributed by atoms with van der Waals surface area (Å²) >= 11 is 1.80. The molecule has 2 heterocycles. The van der Waals surface area contributed by atoms with Crippen LogP contribution in [0.15, 0.2) is 279 Å². The minimum Gasteiger partial charge on any atom is -0.455 e. The first-order valence-electron chi connectivity index (χ1n) is 22.3. The lowest BCUT2D eigenvalue weighted by molar-refractivity contribution is 0.670. The van der Waals surface area contributed by atoms with Crippen LogP contribution in [0.3, 0.4) is 0 Å². The van der Waals surface area contributed by atoms with Crippen molar-refractivity contribution in [3.8, 4) is 32.0 Å². The van der Waals surface area contributed by atoms with Crippen molar-refractivity contribution < 1.29 is 4.42 Å². The fourth-order valence-electron chi connectivity index (χ4n) is 8.08. The van der Waals surface area contributed by atoms with Gasteiger partial charge in [0.1, 0.15) is 11.2 Å². The molecule has 0 unspecified atom stereocenters. The van der Waals surface area contributed by atoms with Gasteiger partial charge in [-0.1, -0.05) is 226 Å². The molecule has 0 aliphatic heterocycles. The Morgan fingerprint density at radius 1 is 0.463 bits per heavy atom. The zero-order valence-electron chi connectivity index (χ0n) is 37.2. The van der Waals surface area contributed by atoms with Gasteiger partial charge in [-0.25, -0.2) is 0 Å². The molecule has 9 aromatic rings. The summed E-state index contributed by atoms with van der Waals surface area (Å²) in [5.74, 6) is 0. The monoisotopic (exact) mass is 879 g/mol. The number of hydrogen-bond donors (Lipinski definition) is 0. The highest BCUT2D eigenvalue weighted by Crippen LogP contribution is 2.41. The highest BCUT2D eigenvalue weighted by atomic mass is 32.1. The van der Waals surface area contributed by atoms with Crippen LogP contribution in [0.2, 0.25) is 0 Å². The molecule has 3 heteroatoms. The van der Waals surface area contributed by atoms with Crippen molar-refractivity contribution in [1.29, 1.82) is 0 Å². The van der Waals surface area contributed by atoms with Gasteiger partial charge < -0.3 is 9.32 Å². The highest BCUT2D eigenvalue weighted by Gasteiger charge is 2.15. The Morgan fingerprint density at radius 3 is 1.72 bits per heavy atom. The van der Waals surface area contributed by atoms with Crippen molar-refractivity contribution in [2.75, 3.05) is 4.90 Å². The molecule has 2 aromatic heterocycles. The summed E-state index contributed by atoms with van der Waals surface area (Å²) in [6.07, 6.45) is 25.9. The molecule has 0 fully saturated rings. The maximum atomic E-state index is 6.34. The van der Waals surface area contributed by atoms with E-state index in [2.05, 4.69) is 213 Å². The van der Waals surface area contributed by atoms with Gasteiger partial charge in [-0.2, -0.15) is 0 Å². The zero-order chi connectivity index (χ0) is 45.8. The Labute approximate surface area is 398 Å². The van der Waals surface area contributed by atoms with Crippen LogP contribution < -0.4 is 4.90 Å². The lowest BCUT2D eigenvalue weighted by atomic mass is 10.0. The molecule has 0 bridgehead atoms. The molecular weight excluding hydrogens is 831 g/mol. The Bertz CT molecular complexity index is 3350. The quantitative estimate of drug-likeness (QED) is 0.0899. The third-order valence-electron chi connectivity index (χ3n) is 11.6. The van der Waals surface area contributed by atoms with Gasteiger partial charge in [0, 0.05) is 43.2 Å². The van der Waals surface area contributed by atoms with Gasteiger partial charge in [-0.15, -0.1) is 11.3 Å². The van der Waals surface area contributed by atoms with Gasteiger partial charge in [0.15, 0.2) is 0 Å². The van der Waals surface area contributed by atoms with E-state index in [0.717, 1.165) is 78.0 Å². The predicted octanol–water partition coefficient (Wildman–Crippen LogP) is 18.8. The molecular formula is C64H49NOS. The van der Waals surface area contributed by atoms with Crippen LogP contribution >= 0.6 is 11.3 Å². The molecule has 0 N–H and O–H groups in total. The Balaban J connectivity index is 0.971. The van der Waals surface area contributed by atoms with Gasteiger partial charge >= 0.3 is 0 Å². The van der Waals surface area contributed by atoms with Crippen molar-refractivity contribution in [3.05, 3.63) is 291 Å². The number of fused-ring (bicyclic) bond motifs is 3. The van der Waals surface area contributed by atoms with Gasteiger partial charge in [-0.05, 0) is 99.1 Å². The molecule has 7 aromatic carbocycles. The van der Waals surface area contributed by atoms with Crippen molar-refractivity contribution in [1.82, 2.24) is 0 Å². The molecule has 322 valence electrons. The summed E-state index contributed by atoms with van der Waals surface area (Å²) in [6.45, 7) is 11.8. The van der Waals surface area contributed by atoms with Gasteiger partial charge in [-0.3, -0.25) is 0 Å². The Hall–Kier alpha value is -8.50. The number of thiophene rings is 1. The van der Waals surface area contributed by atoms with E-state index in [4.69, 9.17) is 4.42 Å². The van der Waals surface area contributed by atoms with E-state index >= 15 is 0 Å². The molecule has 0 spiro atoms. The summed E-state index contributed by atoms with van der Waals surface area (Å²) < 4.78 is 6.34. The summed E-state index contributed by atoms with van der Waals surface area (Å²) in [6, 6.07) is 64.5. The SMILES string of the molecule is C=C\C=C/C=C/C(C=C)=C/C=C/c1ccc(N(c2ccc(/C(C=C)=C/C=C/c3ccccc3)cc2)c2ccc(-c3ccc(-c4ccc(-c5cccc6c5oc5ccccc56)cc4)s3)cc2)cc1. The maximum Gasteiger partial charge on any atom is 0.143 e. The van der Waals surface area contributed by atoms with E-state index in [0.29, 0.717) is 0 Å². The largest absolute Gasteiger partial charge is 0.455 e. The van der Waals surface area contributed by atoms with Crippen molar-refractivity contribution >= 4 is 68.1 Å². The van der Waals surface area contributed by atoms with Crippen LogP contribution in [-0.4, -0.2) is 0 Å². The normalized spacial score (nSPS) is 12.3. The number of para-hydroxylation sites is 2. The maximum absolute atomic E-state index is 6.34. The number of hydrogen-bond acceptors (Lipinski definition) is 3. The molecule has 0 radical (unpaired) electrons. The van der Waals surface area contributed by atoms with Gasteiger partial charge in [0.2, 0.25) is 0 Å². The first-order valence-corrected chi connectivity index (χ1v) is 23.1. The van der Waals surface area contributed by atoms with E-state index in [9.17, 15) is 0 Å². The summed E-state index contributed by atoms with van der Waals surface area (Å²) in [7, 11) is 0. The molecule has 0 aliphatic rings. The molecule has 0 saturated carbocycles. The van der Waals surface area contributed by atoms with Crippen LogP contribution in [0.4, 0.5) is 17.1 Å². The lowest BCUT2D eigenvalue weighted by Gasteiger charge is -2.26. The van der Waals surface area contributed by atoms with E-state index in [1.807, 2.05) is 66.8 Å². The first kappa shape index (κ1) is 43.7. The van der Waals surface area contributed by atoms with E-state index in [1.54, 1.807) is 17.4 Å². The molecule has 0 amide bonds. The van der Waals surface area contributed by atoms with E-state index < -0.39 is 0 Å². The second kappa shape index (κ2) is 21.0. The van der Waals surface area contributed by atoms with Gasteiger partial charge in [0.25, 0.3) is 0 Å². The molecule has 2 nitrogen and oxygen atoms in total. The topological polar surface area (TPSA) is 16.4 Å². The smallest absolute Gasteiger partial charge is 0.143 e. The van der Waals surface area contributed by atoms with Crippen molar-refractivity contribution in [2.45, 2.75) is 0 Å². The van der Waals surface area contributed by atoms with Gasteiger partial charge in [0.05, 0.1) is 0 Å². The average Bonchev–Trinajstić information content (AvgIpc) is 4.04. The second-order valence-electron chi connectivity index (χ2n) is 15.8. The fourth-order valence-corrected chi connectivity index (χ4v) is 9.09. The first-order chi connectivity index (χ1) is 33.1. The number of nitrogens with zero attached hydrogens (tertiary/aromatic N) is 1. The summed E-state index contributed by atoms with van der Waals surface area (Å²) in [5, 5.41) is 2.28. The second-order valence-corrected chi connectivity index (χ2v) is 16.9. The number of benzene rings is 7. The van der Waals surface area contributed by atoms with Crippen LogP contribution in [0.25, 0.3) is 71.7 Å². The Morgan fingerprint density at radius 2 is 1.04 bits per heavy atom. The van der Waals surface area contributed by atoms with Crippen molar-refractivity contribution in [3.63, 3.8) is 0 Å². The number of allylic oxidation sites excluding steroid dienone is 13. The number of rotatable bonds is 16. The molecule has 0 aliphatic carbocycles.